The molecule has 3 atom stereocenters. The van der Waals surface area contributed by atoms with Crippen molar-refractivity contribution < 1.29 is 9.53 Å². The Bertz CT molecular complexity index is 590. The van der Waals surface area contributed by atoms with Gasteiger partial charge in [-0.25, -0.2) is 0 Å². The maximum absolute atomic E-state index is 12.6. The van der Waals surface area contributed by atoms with Crippen LogP contribution in [0.5, 0.6) is 5.75 Å². The van der Waals surface area contributed by atoms with Crippen LogP contribution in [0.3, 0.4) is 0 Å². The normalized spacial score (nSPS) is 30.4. The maximum Gasteiger partial charge on any atom is 0.233 e. The summed E-state index contributed by atoms with van der Waals surface area (Å²) >= 11 is 5.24. The van der Waals surface area contributed by atoms with Gasteiger partial charge in [-0.2, -0.15) is 0 Å². The molecular weight excluding hydrogens is 274 g/mol. The molecule has 106 valence electrons. The number of carbonyl (C=O) groups excluding carboxylic acids is 1. The summed E-state index contributed by atoms with van der Waals surface area (Å²) in [6.07, 6.45) is 0. The smallest absolute Gasteiger partial charge is 0.233 e. The maximum atomic E-state index is 12.6. The minimum Gasteiger partial charge on any atom is -0.467 e. The lowest BCUT2D eigenvalue weighted by atomic mass is 9.80. The lowest BCUT2D eigenvalue weighted by Crippen LogP contribution is -2.70. The summed E-state index contributed by atoms with van der Waals surface area (Å²) < 4.78 is 6.06. The number of fused-ring (bicyclic) bond motifs is 4. The van der Waals surface area contributed by atoms with Gasteiger partial charge in [-0.05, 0) is 25.2 Å². The monoisotopic (exact) mass is 291 g/mol. The van der Waals surface area contributed by atoms with Gasteiger partial charge in [0.1, 0.15) is 11.7 Å². The highest BCUT2D eigenvalue weighted by molar-refractivity contribution is 7.80. The Balaban J connectivity index is 2.13. The summed E-state index contributed by atoms with van der Waals surface area (Å²) in [5, 5.41) is 6.82. The Hall–Kier alpha value is -1.82. The fourth-order valence-electron chi connectivity index (χ4n) is 2.94. The topological polar surface area (TPSA) is 53.6 Å². The fraction of sp³-hybridized carbons (Fsp3) is 0.429. The molecule has 6 heteroatoms. The van der Waals surface area contributed by atoms with Crippen LogP contribution in [0.4, 0.5) is 0 Å². The van der Waals surface area contributed by atoms with Gasteiger partial charge in [0.2, 0.25) is 5.91 Å². The van der Waals surface area contributed by atoms with Gasteiger partial charge >= 0.3 is 0 Å². The molecule has 1 aromatic rings. The van der Waals surface area contributed by atoms with Gasteiger partial charge in [-0.1, -0.05) is 18.2 Å². The fourth-order valence-corrected chi connectivity index (χ4v) is 3.27. The first kappa shape index (κ1) is 13.2. The number of benzene rings is 1. The SMILES string of the molecule is CN(C)C(=O)C1C2NC(=S)NC1(C)Oc1ccccc12. The number of nitrogens with zero attached hydrogens (tertiary/aromatic N) is 1. The highest BCUT2D eigenvalue weighted by Gasteiger charge is 2.54. The summed E-state index contributed by atoms with van der Waals surface area (Å²) in [7, 11) is 3.50. The van der Waals surface area contributed by atoms with Crippen molar-refractivity contribution in [2.24, 2.45) is 5.92 Å². The second-order valence-electron chi connectivity index (χ2n) is 5.53. The van der Waals surface area contributed by atoms with Gasteiger partial charge in [0.05, 0.1) is 6.04 Å². The molecule has 5 nitrogen and oxygen atoms in total. The average molecular weight is 291 g/mol. The number of rotatable bonds is 1. The molecule has 0 radical (unpaired) electrons. The van der Waals surface area contributed by atoms with Crippen LogP contribution in [0, 0.1) is 5.92 Å². The number of amides is 1. The van der Waals surface area contributed by atoms with Gasteiger partial charge in [0.25, 0.3) is 0 Å². The van der Waals surface area contributed by atoms with Gasteiger partial charge in [0.15, 0.2) is 10.8 Å². The third-order valence-electron chi connectivity index (χ3n) is 3.86. The lowest BCUT2D eigenvalue weighted by molar-refractivity contribution is -0.146. The summed E-state index contributed by atoms with van der Waals surface area (Å²) in [5.74, 6) is 0.416. The summed E-state index contributed by atoms with van der Waals surface area (Å²) in [6.45, 7) is 1.87. The average Bonchev–Trinajstić information content (AvgIpc) is 2.36. The first-order chi connectivity index (χ1) is 9.42. The molecule has 0 aliphatic carbocycles. The third kappa shape index (κ3) is 1.83. The zero-order chi connectivity index (χ0) is 14.5. The van der Waals surface area contributed by atoms with Crippen LogP contribution >= 0.6 is 12.2 Å². The van der Waals surface area contributed by atoms with E-state index in [0.29, 0.717) is 5.11 Å². The number of hydrogen-bond donors (Lipinski definition) is 2. The number of thiocarbonyl (C=S) groups is 1. The van der Waals surface area contributed by atoms with Crippen molar-refractivity contribution in [3.8, 4) is 5.75 Å². The number of carbonyl (C=O) groups is 1. The molecule has 1 fully saturated rings. The second-order valence-corrected chi connectivity index (χ2v) is 5.94. The van der Waals surface area contributed by atoms with Crippen LogP contribution in [0.15, 0.2) is 24.3 Å². The second kappa shape index (κ2) is 4.34. The predicted molar refractivity (Wildman–Crippen MR) is 79.3 cm³/mol. The van der Waals surface area contributed by atoms with E-state index in [0.717, 1.165) is 11.3 Å². The quantitative estimate of drug-likeness (QED) is 0.757. The molecule has 0 spiro atoms. The van der Waals surface area contributed by atoms with Gasteiger partial charge < -0.3 is 20.3 Å². The molecule has 1 aromatic carbocycles. The zero-order valence-corrected chi connectivity index (χ0v) is 12.5. The van der Waals surface area contributed by atoms with E-state index in [1.807, 2.05) is 31.2 Å². The van der Waals surface area contributed by atoms with Crippen LogP contribution < -0.4 is 15.4 Å². The molecule has 3 rings (SSSR count). The number of para-hydroxylation sites is 1. The van der Waals surface area contributed by atoms with E-state index in [2.05, 4.69) is 10.6 Å². The van der Waals surface area contributed by atoms with Crippen LogP contribution in [0.25, 0.3) is 0 Å². The molecule has 1 amide bonds. The van der Waals surface area contributed by atoms with Crippen molar-refractivity contribution in [1.29, 1.82) is 0 Å². The molecule has 2 aliphatic heterocycles. The standard InChI is InChI=1S/C14H17N3O2S/c1-14-10(12(18)17(2)3)11(15-13(20)16-14)8-6-4-5-7-9(8)19-14/h4-7,10-11H,1-3H3,(H2,15,16,20). The van der Waals surface area contributed by atoms with Crippen molar-refractivity contribution in [2.75, 3.05) is 14.1 Å². The van der Waals surface area contributed by atoms with Crippen molar-refractivity contribution in [1.82, 2.24) is 15.5 Å². The molecule has 2 N–H and O–H groups in total. The minimum absolute atomic E-state index is 0.00880. The van der Waals surface area contributed by atoms with Crippen molar-refractivity contribution >= 4 is 23.2 Å². The van der Waals surface area contributed by atoms with E-state index < -0.39 is 5.72 Å². The molecule has 20 heavy (non-hydrogen) atoms. The Labute approximate surface area is 123 Å². The van der Waals surface area contributed by atoms with Crippen LogP contribution in [-0.2, 0) is 4.79 Å². The molecule has 3 unspecified atom stereocenters. The Morgan fingerprint density at radius 2 is 2.10 bits per heavy atom. The molecule has 2 heterocycles. The van der Waals surface area contributed by atoms with Gasteiger partial charge in [-0.3, -0.25) is 4.79 Å². The largest absolute Gasteiger partial charge is 0.467 e. The van der Waals surface area contributed by atoms with Crippen LogP contribution in [0.1, 0.15) is 18.5 Å². The number of ether oxygens (including phenoxy) is 1. The highest BCUT2D eigenvalue weighted by atomic mass is 32.1. The van der Waals surface area contributed by atoms with Gasteiger partial charge in [0, 0.05) is 19.7 Å². The molecular formula is C14H17N3O2S. The lowest BCUT2D eigenvalue weighted by Gasteiger charge is -2.51. The van der Waals surface area contributed by atoms with Crippen LogP contribution in [0.2, 0.25) is 0 Å². The van der Waals surface area contributed by atoms with Crippen LogP contribution in [-0.4, -0.2) is 35.7 Å². The van der Waals surface area contributed by atoms with E-state index in [9.17, 15) is 4.79 Å². The summed E-state index contributed by atoms with van der Waals surface area (Å²) in [6, 6.07) is 7.57. The van der Waals surface area contributed by atoms with Crippen molar-refractivity contribution in [3.63, 3.8) is 0 Å². The molecule has 2 aliphatic rings. The first-order valence-electron chi connectivity index (χ1n) is 6.50. The van der Waals surface area contributed by atoms with Gasteiger partial charge in [-0.15, -0.1) is 0 Å². The Morgan fingerprint density at radius 1 is 1.40 bits per heavy atom. The van der Waals surface area contributed by atoms with E-state index in [1.165, 1.54) is 0 Å². The summed E-state index contributed by atoms with van der Waals surface area (Å²) in [4.78, 5) is 14.1. The number of nitrogens with one attached hydrogen (secondary N) is 2. The molecule has 0 aromatic heterocycles. The Kier molecular flexibility index (Phi) is 2.86. The Morgan fingerprint density at radius 3 is 2.80 bits per heavy atom. The zero-order valence-electron chi connectivity index (χ0n) is 11.6. The number of hydrogen-bond acceptors (Lipinski definition) is 3. The molecule has 1 saturated heterocycles. The van der Waals surface area contributed by atoms with E-state index >= 15 is 0 Å². The summed E-state index contributed by atoms with van der Waals surface area (Å²) in [5.41, 5.74) is 0.136. The van der Waals surface area contributed by atoms with E-state index in [4.69, 9.17) is 17.0 Å². The molecule has 2 bridgehead atoms. The van der Waals surface area contributed by atoms with E-state index in [-0.39, 0.29) is 17.9 Å². The third-order valence-corrected chi connectivity index (χ3v) is 4.08. The highest BCUT2D eigenvalue weighted by Crippen LogP contribution is 2.44. The molecule has 0 saturated carbocycles. The predicted octanol–water partition coefficient (Wildman–Crippen LogP) is 1.02. The van der Waals surface area contributed by atoms with Crippen molar-refractivity contribution in [3.05, 3.63) is 29.8 Å². The van der Waals surface area contributed by atoms with E-state index in [1.54, 1.807) is 19.0 Å². The van der Waals surface area contributed by atoms with Crippen molar-refractivity contribution in [2.45, 2.75) is 18.7 Å². The minimum atomic E-state index is -0.831. The first-order valence-corrected chi connectivity index (χ1v) is 6.91.